The molecule has 0 radical (unpaired) electrons. The molecule has 0 aliphatic heterocycles. The fourth-order valence-corrected chi connectivity index (χ4v) is 1.82. The van der Waals surface area contributed by atoms with Crippen LogP contribution in [0.5, 0.6) is 5.88 Å². The molecule has 0 bridgehead atoms. The van der Waals surface area contributed by atoms with E-state index in [0.717, 1.165) is 5.56 Å². The Kier molecular flexibility index (Phi) is 4.36. The lowest BCUT2D eigenvalue weighted by atomic mass is 10.2. The first-order valence-corrected chi connectivity index (χ1v) is 6.49. The van der Waals surface area contributed by atoms with Crippen molar-refractivity contribution in [3.8, 4) is 5.88 Å². The van der Waals surface area contributed by atoms with Crippen molar-refractivity contribution in [3.63, 3.8) is 0 Å². The summed E-state index contributed by atoms with van der Waals surface area (Å²) in [5.74, 6) is 0.664. The maximum Gasteiger partial charge on any atom is 0.406 e. The minimum atomic E-state index is -0.517. The monoisotopic (exact) mass is 291 g/mol. The minimum absolute atomic E-state index is 0.00434. The van der Waals surface area contributed by atoms with E-state index in [1.165, 1.54) is 6.33 Å². The van der Waals surface area contributed by atoms with E-state index < -0.39 is 4.92 Å². The van der Waals surface area contributed by atoms with Crippen LogP contribution in [-0.2, 0) is 13.6 Å². The number of nitro groups is 1. The summed E-state index contributed by atoms with van der Waals surface area (Å²) < 4.78 is 7.18. The zero-order chi connectivity index (χ0) is 15.4. The van der Waals surface area contributed by atoms with Crippen molar-refractivity contribution in [3.05, 3.63) is 40.3 Å². The Balaban J connectivity index is 2.17. The van der Waals surface area contributed by atoms with Gasteiger partial charge in [-0.3, -0.25) is 4.57 Å². The first kappa shape index (κ1) is 14.8. The van der Waals surface area contributed by atoms with Gasteiger partial charge in [0.25, 0.3) is 0 Å². The number of rotatable bonds is 6. The summed E-state index contributed by atoms with van der Waals surface area (Å²) in [6.07, 6.45) is 3.05. The lowest BCUT2D eigenvalue weighted by Crippen LogP contribution is -2.11. The Morgan fingerprint density at radius 3 is 2.90 bits per heavy atom. The van der Waals surface area contributed by atoms with Crippen molar-refractivity contribution in [1.29, 1.82) is 0 Å². The van der Waals surface area contributed by atoms with Crippen LogP contribution in [0, 0.1) is 10.1 Å². The summed E-state index contributed by atoms with van der Waals surface area (Å²) in [6.45, 7) is 4.19. The minimum Gasteiger partial charge on any atom is -0.475 e. The van der Waals surface area contributed by atoms with Crippen LogP contribution in [0.1, 0.15) is 19.4 Å². The predicted molar refractivity (Wildman–Crippen MR) is 77.2 cm³/mol. The fraction of sp³-hybridized carbons (Fsp3) is 0.385. The predicted octanol–water partition coefficient (Wildman–Crippen LogP) is 2.12. The third kappa shape index (κ3) is 3.47. The third-order valence-corrected chi connectivity index (χ3v) is 2.73. The normalized spacial score (nSPS) is 10.7. The van der Waals surface area contributed by atoms with Crippen LogP contribution in [0.2, 0.25) is 0 Å². The number of nitrogens with one attached hydrogen (secondary N) is 1. The summed E-state index contributed by atoms with van der Waals surface area (Å²) >= 11 is 0. The van der Waals surface area contributed by atoms with Gasteiger partial charge in [-0.25, -0.2) is 4.98 Å². The molecule has 8 heteroatoms. The van der Waals surface area contributed by atoms with Crippen molar-refractivity contribution in [2.45, 2.75) is 26.5 Å². The molecular formula is C13H17N5O3. The summed E-state index contributed by atoms with van der Waals surface area (Å²) in [4.78, 5) is 18.3. The summed E-state index contributed by atoms with van der Waals surface area (Å²) in [5, 5.41) is 13.9. The van der Waals surface area contributed by atoms with Gasteiger partial charge in [0, 0.05) is 25.4 Å². The first-order valence-electron chi connectivity index (χ1n) is 6.49. The number of aromatic nitrogens is 3. The van der Waals surface area contributed by atoms with Crippen LogP contribution in [0.3, 0.4) is 0 Å². The number of hydrogen-bond acceptors (Lipinski definition) is 6. The van der Waals surface area contributed by atoms with Crippen LogP contribution in [-0.4, -0.2) is 25.6 Å². The second kappa shape index (κ2) is 6.21. The van der Waals surface area contributed by atoms with Gasteiger partial charge in [0.2, 0.25) is 18.0 Å². The molecule has 2 aromatic rings. The number of imidazole rings is 1. The quantitative estimate of drug-likeness (QED) is 0.647. The standard InChI is InChI=1S/C13H17N5O3/c1-9(2)21-13-10(5-4-6-14-13)7-15-11-12(18(19)20)16-8-17(11)3/h4-6,8-9,15H,7H2,1-3H3. The molecular weight excluding hydrogens is 274 g/mol. The van der Waals surface area contributed by atoms with Crippen LogP contribution < -0.4 is 10.1 Å². The maximum absolute atomic E-state index is 10.9. The smallest absolute Gasteiger partial charge is 0.406 e. The van der Waals surface area contributed by atoms with Gasteiger partial charge >= 0.3 is 5.82 Å². The van der Waals surface area contributed by atoms with Crippen molar-refractivity contribution in [2.75, 3.05) is 5.32 Å². The van der Waals surface area contributed by atoms with E-state index in [9.17, 15) is 10.1 Å². The lowest BCUT2D eigenvalue weighted by molar-refractivity contribution is -0.388. The molecule has 2 aromatic heterocycles. The topological polar surface area (TPSA) is 95.1 Å². The van der Waals surface area contributed by atoms with E-state index in [-0.39, 0.29) is 11.9 Å². The molecule has 0 saturated carbocycles. The molecule has 0 unspecified atom stereocenters. The van der Waals surface area contributed by atoms with E-state index in [4.69, 9.17) is 4.74 Å². The van der Waals surface area contributed by atoms with Crippen LogP contribution in [0.4, 0.5) is 11.6 Å². The molecule has 0 aliphatic carbocycles. The Labute approximate surface area is 121 Å². The number of aryl methyl sites for hydroxylation is 1. The number of hydrogen-bond donors (Lipinski definition) is 1. The Hall–Kier alpha value is -2.64. The number of pyridine rings is 1. The highest BCUT2D eigenvalue weighted by molar-refractivity contribution is 5.52. The highest BCUT2D eigenvalue weighted by atomic mass is 16.6. The van der Waals surface area contributed by atoms with E-state index in [0.29, 0.717) is 18.2 Å². The van der Waals surface area contributed by atoms with Gasteiger partial charge < -0.3 is 20.2 Å². The molecule has 1 N–H and O–H groups in total. The molecule has 0 aromatic carbocycles. The van der Waals surface area contributed by atoms with Crippen molar-refractivity contribution in [2.24, 2.45) is 7.05 Å². The molecule has 0 saturated heterocycles. The number of nitrogens with zero attached hydrogens (tertiary/aromatic N) is 4. The molecule has 0 atom stereocenters. The van der Waals surface area contributed by atoms with Gasteiger partial charge in [-0.2, -0.15) is 0 Å². The molecule has 0 amide bonds. The molecule has 8 nitrogen and oxygen atoms in total. The van der Waals surface area contributed by atoms with Crippen molar-refractivity contribution in [1.82, 2.24) is 14.5 Å². The molecule has 2 rings (SSSR count). The van der Waals surface area contributed by atoms with Crippen LogP contribution in [0.25, 0.3) is 0 Å². The summed E-state index contributed by atoms with van der Waals surface area (Å²) in [5.41, 5.74) is 0.821. The molecule has 2 heterocycles. The first-order chi connectivity index (χ1) is 9.99. The second-order valence-electron chi connectivity index (χ2n) is 4.77. The second-order valence-corrected chi connectivity index (χ2v) is 4.77. The van der Waals surface area contributed by atoms with Gasteiger partial charge in [0.05, 0.1) is 6.10 Å². The van der Waals surface area contributed by atoms with Gasteiger partial charge in [0.15, 0.2) is 0 Å². The van der Waals surface area contributed by atoms with E-state index >= 15 is 0 Å². The molecule has 0 fully saturated rings. The highest BCUT2D eigenvalue weighted by Crippen LogP contribution is 2.23. The van der Waals surface area contributed by atoms with Gasteiger partial charge in [-0.1, -0.05) is 6.07 Å². The van der Waals surface area contributed by atoms with E-state index in [1.807, 2.05) is 19.9 Å². The molecule has 21 heavy (non-hydrogen) atoms. The zero-order valence-corrected chi connectivity index (χ0v) is 12.1. The van der Waals surface area contributed by atoms with Gasteiger partial charge in [-0.05, 0) is 29.8 Å². The summed E-state index contributed by atoms with van der Waals surface area (Å²) in [7, 11) is 1.69. The van der Waals surface area contributed by atoms with Crippen LogP contribution in [0.15, 0.2) is 24.7 Å². The van der Waals surface area contributed by atoms with Crippen LogP contribution >= 0.6 is 0 Å². The Bertz CT molecular complexity index is 638. The largest absolute Gasteiger partial charge is 0.475 e. The third-order valence-electron chi connectivity index (χ3n) is 2.73. The maximum atomic E-state index is 10.9. The Morgan fingerprint density at radius 1 is 1.48 bits per heavy atom. The van der Waals surface area contributed by atoms with Crippen molar-refractivity contribution >= 4 is 11.6 Å². The average Bonchev–Trinajstić information content (AvgIpc) is 2.78. The lowest BCUT2D eigenvalue weighted by Gasteiger charge is -2.13. The Morgan fingerprint density at radius 2 is 2.24 bits per heavy atom. The molecule has 0 spiro atoms. The fourth-order valence-electron chi connectivity index (χ4n) is 1.82. The van der Waals surface area contributed by atoms with Gasteiger partial charge in [-0.15, -0.1) is 0 Å². The molecule has 0 aliphatic rings. The molecule has 112 valence electrons. The average molecular weight is 291 g/mol. The van der Waals surface area contributed by atoms with E-state index in [2.05, 4.69) is 15.3 Å². The van der Waals surface area contributed by atoms with E-state index in [1.54, 1.807) is 23.9 Å². The summed E-state index contributed by atoms with van der Waals surface area (Å²) in [6, 6.07) is 3.65. The number of anilines is 1. The zero-order valence-electron chi connectivity index (χ0n) is 12.1. The highest BCUT2D eigenvalue weighted by Gasteiger charge is 2.20. The van der Waals surface area contributed by atoms with Crippen molar-refractivity contribution < 1.29 is 9.66 Å². The number of ether oxygens (including phenoxy) is 1. The SMILES string of the molecule is CC(C)Oc1ncccc1CNc1c([N+](=O)[O-])ncn1C. The van der Waals surface area contributed by atoms with Gasteiger partial charge in [0.1, 0.15) is 0 Å².